The van der Waals surface area contributed by atoms with Gasteiger partial charge >= 0.3 is 0 Å². The van der Waals surface area contributed by atoms with E-state index < -0.39 is 0 Å². The molecule has 1 aliphatic heterocycles. The maximum absolute atomic E-state index is 5.00. The predicted octanol–water partition coefficient (Wildman–Crippen LogP) is 1.67. The number of thioether (sulfide) groups is 1. The van der Waals surface area contributed by atoms with Crippen LogP contribution >= 0.6 is 11.8 Å². The Morgan fingerprint density at radius 2 is 2.50 bits per heavy atom. The Morgan fingerprint density at radius 3 is 3.06 bits per heavy atom. The molecule has 4 nitrogen and oxygen atoms in total. The molecule has 16 heavy (non-hydrogen) atoms. The first-order valence-corrected chi connectivity index (χ1v) is 6.19. The smallest absolute Gasteiger partial charge is 0.212 e. The fourth-order valence-corrected chi connectivity index (χ4v) is 2.31. The molecule has 1 unspecified atom stereocenters. The van der Waals surface area contributed by atoms with E-state index in [-0.39, 0.29) is 0 Å². The molecule has 1 atom stereocenters. The Morgan fingerprint density at radius 1 is 1.62 bits per heavy atom. The largest absolute Gasteiger partial charge is 0.481 e. The molecule has 0 aliphatic carbocycles. The summed E-state index contributed by atoms with van der Waals surface area (Å²) >= 11 is 1.77. The number of nitrogens with zero attached hydrogens (tertiary/aromatic N) is 2. The van der Waals surface area contributed by atoms with Crippen molar-refractivity contribution in [2.45, 2.75) is 19.5 Å². The Bertz CT molecular complexity index is 377. The second-order valence-corrected chi connectivity index (χ2v) is 4.70. The molecule has 1 N–H and O–H groups in total. The Kier molecular flexibility index (Phi) is 3.66. The van der Waals surface area contributed by atoms with Crippen molar-refractivity contribution in [3.8, 4) is 5.88 Å². The third kappa shape index (κ3) is 2.88. The van der Waals surface area contributed by atoms with Gasteiger partial charge in [0.2, 0.25) is 5.88 Å². The number of pyridine rings is 1. The van der Waals surface area contributed by atoms with Crippen molar-refractivity contribution in [3.05, 3.63) is 23.9 Å². The zero-order valence-electron chi connectivity index (χ0n) is 9.43. The Labute approximate surface area is 99.5 Å². The SMILES string of the molecule is COc1ccc(CN=C2NC(C)CS2)cn1. The fraction of sp³-hybridized carbons (Fsp3) is 0.455. The average Bonchev–Trinajstić information content (AvgIpc) is 2.73. The van der Waals surface area contributed by atoms with Crippen LogP contribution in [0.5, 0.6) is 5.88 Å². The van der Waals surface area contributed by atoms with Gasteiger partial charge in [-0.25, -0.2) is 4.98 Å². The predicted molar refractivity (Wildman–Crippen MR) is 67.0 cm³/mol. The van der Waals surface area contributed by atoms with Crippen molar-refractivity contribution in [3.63, 3.8) is 0 Å². The topological polar surface area (TPSA) is 46.5 Å². The van der Waals surface area contributed by atoms with Crippen molar-refractivity contribution in [2.75, 3.05) is 12.9 Å². The number of hydrogen-bond acceptors (Lipinski definition) is 4. The van der Waals surface area contributed by atoms with E-state index in [2.05, 4.69) is 22.2 Å². The van der Waals surface area contributed by atoms with Crippen molar-refractivity contribution < 1.29 is 4.74 Å². The van der Waals surface area contributed by atoms with Crippen molar-refractivity contribution in [1.82, 2.24) is 10.3 Å². The van der Waals surface area contributed by atoms with Gasteiger partial charge in [0.1, 0.15) is 0 Å². The van der Waals surface area contributed by atoms with Gasteiger partial charge in [0, 0.05) is 24.1 Å². The normalized spacial score (nSPS) is 22.1. The van der Waals surface area contributed by atoms with Gasteiger partial charge in [0.05, 0.1) is 13.7 Å². The maximum atomic E-state index is 5.00. The molecule has 0 amide bonds. The highest BCUT2D eigenvalue weighted by Crippen LogP contribution is 2.14. The second kappa shape index (κ2) is 5.21. The molecule has 0 radical (unpaired) electrons. The molecule has 0 spiro atoms. The number of ether oxygens (including phenoxy) is 1. The van der Waals surface area contributed by atoms with Crippen LogP contribution in [0, 0.1) is 0 Å². The highest BCUT2D eigenvalue weighted by Gasteiger charge is 2.14. The number of nitrogens with one attached hydrogen (secondary N) is 1. The van der Waals surface area contributed by atoms with Crippen LogP contribution in [0.3, 0.4) is 0 Å². The van der Waals surface area contributed by atoms with Crippen LogP contribution in [-0.4, -0.2) is 29.1 Å². The van der Waals surface area contributed by atoms with E-state index >= 15 is 0 Å². The number of aliphatic imine (C=N–C) groups is 1. The standard InChI is InChI=1S/C11H15N3OS/c1-8-7-16-11(14-8)13-6-9-3-4-10(15-2)12-5-9/h3-5,8H,6-7H2,1-2H3,(H,13,14). The number of amidine groups is 1. The first kappa shape index (κ1) is 11.3. The summed E-state index contributed by atoms with van der Waals surface area (Å²) < 4.78 is 5.00. The first-order valence-electron chi connectivity index (χ1n) is 5.20. The minimum atomic E-state index is 0.526. The van der Waals surface area contributed by atoms with Crippen molar-refractivity contribution in [2.24, 2.45) is 4.99 Å². The molecule has 0 bridgehead atoms. The quantitative estimate of drug-likeness (QED) is 0.868. The van der Waals surface area contributed by atoms with Gasteiger partial charge in [0.15, 0.2) is 5.17 Å². The van der Waals surface area contributed by atoms with Gasteiger partial charge in [0.25, 0.3) is 0 Å². The van der Waals surface area contributed by atoms with E-state index in [1.807, 2.05) is 12.1 Å². The summed E-state index contributed by atoms with van der Waals surface area (Å²) in [4.78, 5) is 8.63. The molecular formula is C11H15N3OS. The lowest BCUT2D eigenvalue weighted by atomic mass is 10.3. The summed E-state index contributed by atoms with van der Waals surface area (Å²) in [5, 5.41) is 4.35. The van der Waals surface area contributed by atoms with E-state index in [9.17, 15) is 0 Å². The zero-order chi connectivity index (χ0) is 11.4. The molecular weight excluding hydrogens is 222 g/mol. The third-order valence-corrected chi connectivity index (χ3v) is 3.44. The van der Waals surface area contributed by atoms with E-state index in [1.165, 1.54) is 0 Å². The average molecular weight is 237 g/mol. The van der Waals surface area contributed by atoms with E-state index in [1.54, 1.807) is 25.1 Å². The molecule has 1 fully saturated rings. The summed E-state index contributed by atoms with van der Waals surface area (Å²) in [6, 6.07) is 4.37. The summed E-state index contributed by atoms with van der Waals surface area (Å²) in [5.74, 6) is 1.73. The van der Waals surface area contributed by atoms with Crippen LogP contribution in [0.1, 0.15) is 12.5 Å². The molecule has 1 saturated heterocycles. The molecule has 0 saturated carbocycles. The number of hydrogen-bond donors (Lipinski definition) is 1. The minimum Gasteiger partial charge on any atom is -0.481 e. The third-order valence-electron chi connectivity index (χ3n) is 2.25. The monoisotopic (exact) mass is 237 g/mol. The molecule has 86 valence electrons. The van der Waals surface area contributed by atoms with E-state index in [4.69, 9.17) is 4.74 Å². The van der Waals surface area contributed by atoms with Gasteiger partial charge in [-0.2, -0.15) is 0 Å². The van der Waals surface area contributed by atoms with Crippen LogP contribution in [0.25, 0.3) is 0 Å². The van der Waals surface area contributed by atoms with Gasteiger partial charge in [-0.1, -0.05) is 17.8 Å². The highest BCUT2D eigenvalue weighted by atomic mass is 32.2. The van der Waals surface area contributed by atoms with Crippen LogP contribution in [0.15, 0.2) is 23.3 Å². The van der Waals surface area contributed by atoms with Crippen LogP contribution < -0.4 is 10.1 Å². The molecule has 1 aromatic heterocycles. The number of rotatable bonds is 3. The maximum Gasteiger partial charge on any atom is 0.212 e. The lowest BCUT2D eigenvalue weighted by Gasteiger charge is -2.02. The zero-order valence-corrected chi connectivity index (χ0v) is 10.3. The molecule has 5 heteroatoms. The second-order valence-electron chi connectivity index (χ2n) is 3.69. The van der Waals surface area contributed by atoms with E-state index in [0.29, 0.717) is 18.5 Å². The fourth-order valence-electron chi connectivity index (χ4n) is 1.38. The number of methoxy groups -OCH3 is 1. The van der Waals surface area contributed by atoms with Gasteiger partial charge in [-0.15, -0.1) is 0 Å². The van der Waals surface area contributed by atoms with Crippen LogP contribution in [0.2, 0.25) is 0 Å². The highest BCUT2D eigenvalue weighted by molar-refractivity contribution is 8.14. The van der Waals surface area contributed by atoms with Crippen LogP contribution in [0.4, 0.5) is 0 Å². The van der Waals surface area contributed by atoms with Crippen LogP contribution in [-0.2, 0) is 6.54 Å². The van der Waals surface area contributed by atoms with Crippen molar-refractivity contribution in [1.29, 1.82) is 0 Å². The molecule has 0 aromatic carbocycles. The van der Waals surface area contributed by atoms with Gasteiger partial charge < -0.3 is 10.1 Å². The van der Waals surface area contributed by atoms with Gasteiger partial charge in [-0.3, -0.25) is 4.99 Å². The Balaban J connectivity index is 1.94. The summed E-state index contributed by atoms with van der Waals surface area (Å²) in [7, 11) is 1.61. The minimum absolute atomic E-state index is 0.526. The molecule has 2 rings (SSSR count). The summed E-state index contributed by atoms with van der Waals surface area (Å²) in [5.41, 5.74) is 1.09. The first-order chi connectivity index (χ1) is 7.78. The molecule has 2 heterocycles. The van der Waals surface area contributed by atoms with E-state index in [0.717, 1.165) is 16.5 Å². The molecule has 1 aromatic rings. The Hall–Kier alpha value is -1.23. The summed E-state index contributed by atoms with van der Waals surface area (Å²) in [6.07, 6.45) is 1.80. The lowest BCUT2D eigenvalue weighted by Crippen LogP contribution is -2.23. The van der Waals surface area contributed by atoms with Gasteiger partial charge in [-0.05, 0) is 12.5 Å². The van der Waals surface area contributed by atoms with Crippen molar-refractivity contribution >= 4 is 16.9 Å². The summed E-state index contributed by atoms with van der Waals surface area (Å²) in [6.45, 7) is 2.82. The molecule has 1 aliphatic rings. The number of aromatic nitrogens is 1. The lowest BCUT2D eigenvalue weighted by molar-refractivity contribution is 0.397.